The van der Waals surface area contributed by atoms with Crippen molar-refractivity contribution in [2.45, 2.75) is 52.1 Å². The third-order valence-corrected chi connectivity index (χ3v) is 5.24. The van der Waals surface area contributed by atoms with Gasteiger partial charge in [0.05, 0.1) is 18.5 Å². The molecule has 1 aromatic carbocycles. The van der Waals surface area contributed by atoms with E-state index in [-0.39, 0.29) is 17.8 Å². The molecule has 0 radical (unpaired) electrons. The predicted molar refractivity (Wildman–Crippen MR) is 126 cm³/mol. The number of amides is 1. The SMILES string of the molecule is CCNc1nc(NCC)n2c(SCC(=O)NCc3cccc(COC(C)C)c3)nnc2n1. The third kappa shape index (κ3) is 6.54. The van der Waals surface area contributed by atoms with Gasteiger partial charge in [-0.15, -0.1) is 10.2 Å². The summed E-state index contributed by atoms with van der Waals surface area (Å²) in [6, 6.07) is 8.02. The maximum atomic E-state index is 12.4. The minimum absolute atomic E-state index is 0.0919. The van der Waals surface area contributed by atoms with Crippen LogP contribution in [0.5, 0.6) is 0 Å². The van der Waals surface area contributed by atoms with Crippen LogP contribution in [-0.2, 0) is 22.7 Å². The van der Waals surface area contributed by atoms with Gasteiger partial charge in [0.1, 0.15) is 0 Å². The van der Waals surface area contributed by atoms with Crippen LogP contribution in [0.4, 0.5) is 11.9 Å². The maximum Gasteiger partial charge on any atom is 0.261 e. The molecular weight excluding hydrogens is 428 g/mol. The molecule has 172 valence electrons. The smallest absolute Gasteiger partial charge is 0.261 e. The zero-order chi connectivity index (χ0) is 22.9. The number of aromatic nitrogens is 5. The largest absolute Gasteiger partial charge is 0.374 e. The van der Waals surface area contributed by atoms with Gasteiger partial charge >= 0.3 is 0 Å². The lowest BCUT2D eigenvalue weighted by atomic mass is 10.1. The molecule has 0 unspecified atom stereocenters. The van der Waals surface area contributed by atoms with Crippen molar-refractivity contribution in [2.24, 2.45) is 0 Å². The van der Waals surface area contributed by atoms with Crippen molar-refractivity contribution in [3.63, 3.8) is 0 Å². The highest BCUT2D eigenvalue weighted by Gasteiger charge is 2.15. The van der Waals surface area contributed by atoms with Crippen molar-refractivity contribution < 1.29 is 9.53 Å². The number of anilines is 2. The van der Waals surface area contributed by atoms with Crippen LogP contribution < -0.4 is 16.0 Å². The van der Waals surface area contributed by atoms with Crippen molar-refractivity contribution in [3.8, 4) is 0 Å². The topological polar surface area (TPSA) is 118 Å². The molecule has 0 atom stereocenters. The molecule has 2 aromatic heterocycles. The minimum atomic E-state index is -0.0919. The zero-order valence-electron chi connectivity index (χ0n) is 18.9. The summed E-state index contributed by atoms with van der Waals surface area (Å²) in [5.41, 5.74) is 2.11. The van der Waals surface area contributed by atoms with Crippen molar-refractivity contribution >= 4 is 35.3 Å². The zero-order valence-corrected chi connectivity index (χ0v) is 19.7. The van der Waals surface area contributed by atoms with E-state index in [0.29, 0.717) is 49.1 Å². The molecule has 0 aliphatic heterocycles. The summed E-state index contributed by atoms with van der Waals surface area (Å²) in [5.74, 6) is 1.61. The summed E-state index contributed by atoms with van der Waals surface area (Å²) < 4.78 is 7.37. The monoisotopic (exact) mass is 458 g/mol. The number of benzene rings is 1. The molecular formula is C21H30N8O2S. The Morgan fingerprint density at radius 1 is 1.12 bits per heavy atom. The molecule has 3 aromatic rings. The van der Waals surface area contributed by atoms with E-state index in [2.05, 4.69) is 36.1 Å². The number of hydrogen-bond acceptors (Lipinski definition) is 9. The van der Waals surface area contributed by atoms with Crippen LogP contribution >= 0.6 is 11.8 Å². The van der Waals surface area contributed by atoms with E-state index in [1.807, 2.05) is 52.0 Å². The quantitative estimate of drug-likeness (QED) is 0.352. The Bertz CT molecular complexity index is 1040. The van der Waals surface area contributed by atoms with Gasteiger partial charge in [-0.25, -0.2) is 4.40 Å². The van der Waals surface area contributed by atoms with Crippen molar-refractivity contribution in [3.05, 3.63) is 35.4 Å². The standard InChI is InChI=1S/C21H30N8O2S/c1-5-22-18-25-19(23-6-2)29-20(26-18)27-28-21(29)32-13-17(30)24-11-15-8-7-9-16(10-15)12-31-14(3)4/h7-10,14H,5-6,11-13H2,1-4H3,(H,24,30)(H2,22,23,25,26,27). The molecule has 0 fully saturated rings. The second-order valence-electron chi connectivity index (χ2n) is 7.29. The Kier molecular flexibility index (Phi) is 8.63. The second-order valence-corrected chi connectivity index (χ2v) is 8.24. The number of nitrogens with zero attached hydrogens (tertiary/aromatic N) is 5. The number of nitrogens with one attached hydrogen (secondary N) is 3. The fraction of sp³-hybridized carbons (Fsp3) is 0.476. The average Bonchev–Trinajstić information content (AvgIpc) is 3.19. The van der Waals surface area contributed by atoms with Crippen molar-refractivity contribution in [1.82, 2.24) is 29.9 Å². The van der Waals surface area contributed by atoms with Crippen molar-refractivity contribution in [2.75, 3.05) is 29.5 Å². The Balaban J connectivity index is 1.59. The van der Waals surface area contributed by atoms with Crippen LogP contribution in [0.25, 0.3) is 5.78 Å². The molecule has 2 heterocycles. The number of hydrogen-bond donors (Lipinski definition) is 3. The first-order valence-corrected chi connectivity index (χ1v) is 11.7. The number of carbonyl (C=O) groups excluding carboxylic acids is 1. The number of rotatable bonds is 12. The summed E-state index contributed by atoms with van der Waals surface area (Å²) in [6.45, 7) is 10.4. The van der Waals surface area contributed by atoms with Gasteiger partial charge in [-0.1, -0.05) is 36.0 Å². The van der Waals surface area contributed by atoms with E-state index in [4.69, 9.17) is 4.74 Å². The molecule has 0 saturated heterocycles. The van der Waals surface area contributed by atoms with Gasteiger partial charge in [-0.2, -0.15) is 9.97 Å². The predicted octanol–water partition coefficient (Wildman–Crippen LogP) is 2.72. The van der Waals surface area contributed by atoms with Gasteiger partial charge in [-0.3, -0.25) is 4.79 Å². The van der Waals surface area contributed by atoms with Crippen LogP contribution in [0.3, 0.4) is 0 Å². The van der Waals surface area contributed by atoms with Crippen LogP contribution in [0.2, 0.25) is 0 Å². The molecule has 10 nitrogen and oxygen atoms in total. The number of carbonyl (C=O) groups is 1. The van der Waals surface area contributed by atoms with Gasteiger partial charge in [0, 0.05) is 19.6 Å². The minimum Gasteiger partial charge on any atom is -0.374 e. The number of ether oxygens (including phenoxy) is 1. The Labute approximate surface area is 192 Å². The van der Waals surface area contributed by atoms with Gasteiger partial charge in [-0.05, 0) is 38.8 Å². The Morgan fingerprint density at radius 3 is 2.66 bits per heavy atom. The van der Waals surface area contributed by atoms with Crippen LogP contribution in [0.1, 0.15) is 38.8 Å². The molecule has 0 saturated carbocycles. The fourth-order valence-corrected chi connectivity index (χ4v) is 3.63. The first-order valence-electron chi connectivity index (χ1n) is 10.7. The lowest BCUT2D eigenvalue weighted by Crippen LogP contribution is -2.24. The second kappa shape index (κ2) is 11.6. The third-order valence-electron chi connectivity index (χ3n) is 4.31. The normalized spacial score (nSPS) is 11.2. The maximum absolute atomic E-state index is 12.4. The highest BCUT2D eigenvalue weighted by molar-refractivity contribution is 7.99. The molecule has 0 bridgehead atoms. The van der Waals surface area contributed by atoms with Crippen LogP contribution in [-0.4, -0.2) is 55.4 Å². The molecule has 0 aliphatic rings. The van der Waals surface area contributed by atoms with Gasteiger partial charge in [0.15, 0.2) is 5.16 Å². The number of thioether (sulfide) groups is 1. The summed E-state index contributed by atoms with van der Waals surface area (Å²) >= 11 is 1.29. The summed E-state index contributed by atoms with van der Waals surface area (Å²) in [5, 5.41) is 18.1. The first kappa shape index (κ1) is 23.7. The molecule has 3 N–H and O–H groups in total. The highest BCUT2D eigenvalue weighted by atomic mass is 32.2. The van der Waals surface area contributed by atoms with Crippen LogP contribution in [0, 0.1) is 0 Å². The molecule has 0 aliphatic carbocycles. The Morgan fingerprint density at radius 2 is 1.91 bits per heavy atom. The van der Waals surface area contributed by atoms with E-state index >= 15 is 0 Å². The van der Waals surface area contributed by atoms with Crippen LogP contribution in [0.15, 0.2) is 29.4 Å². The van der Waals surface area contributed by atoms with E-state index in [0.717, 1.165) is 11.1 Å². The van der Waals surface area contributed by atoms with E-state index in [1.165, 1.54) is 11.8 Å². The van der Waals surface area contributed by atoms with Gasteiger partial charge < -0.3 is 20.7 Å². The highest BCUT2D eigenvalue weighted by Crippen LogP contribution is 2.21. The lowest BCUT2D eigenvalue weighted by Gasteiger charge is -2.10. The first-order chi connectivity index (χ1) is 15.5. The molecule has 3 rings (SSSR count). The van der Waals surface area contributed by atoms with Crippen molar-refractivity contribution in [1.29, 1.82) is 0 Å². The van der Waals surface area contributed by atoms with E-state index in [9.17, 15) is 4.79 Å². The summed E-state index contributed by atoms with van der Waals surface area (Å²) in [6.07, 6.45) is 0.177. The van der Waals surface area contributed by atoms with Gasteiger partial charge in [0.2, 0.25) is 17.8 Å². The lowest BCUT2D eigenvalue weighted by molar-refractivity contribution is -0.118. The molecule has 1 amide bonds. The molecule has 32 heavy (non-hydrogen) atoms. The van der Waals surface area contributed by atoms with E-state index < -0.39 is 0 Å². The average molecular weight is 459 g/mol. The van der Waals surface area contributed by atoms with E-state index in [1.54, 1.807) is 4.40 Å². The number of fused-ring (bicyclic) bond motifs is 1. The van der Waals surface area contributed by atoms with Gasteiger partial charge in [0.25, 0.3) is 5.78 Å². The Hall–Kier alpha value is -2.92. The summed E-state index contributed by atoms with van der Waals surface area (Å²) in [7, 11) is 0. The summed E-state index contributed by atoms with van der Waals surface area (Å²) in [4.78, 5) is 21.3. The molecule has 11 heteroatoms. The fourth-order valence-electron chi connectivity index (χ4n) is 2.87. The molecule has 0 spiro atoms.